The van der Waals surface area contributed by atoms with Crippen LogP contribution in [0.2, 0.25) is 0 Å². The summed E-state index contributed by atoms with van der Waals surface area (Å²) in [5.41, 5.74) is 7.73. The highest BCUT2D eigenvalue weighted by Crippen LogP contribution is 2.33. The van der Waals surface area contributed by atoms with Gasteiger partial charge in [-0.05, 0) is 25.5 Å². The van der Waals surface area contributed by atoms with E-state index in [2.05, 4.69) is 5.32 Å². The molecule has 3 N–H and O–H groups in total. The van der Waals surface area contributed by atoms with Crippen molar-refractivity contribution in [1.82, 2.24) is 0 Å². The highest BCUT2D eigenvalue weighted by Gasteiger charge is 2.15. The van der Waals surface area contributed by atoms with Crippen molar-refractivity contribution >= 4 is 5.69 Å². The van der Waals surface area contributed by atoms with Gasteiger partial charge in [0.15, 0.2) is 5.75 Å². The highest BCUT2D eigenvalue weighted by molar-refractivity contribution is 5.64. The van der Waals surface area contributed by atoms with E-state index in [0.717, 1.165) is 22.8 Å². The van der Waals surface area contributed by atoms with Gasteiger partial charge >= 0.3 is 0 Å². The molecular formula is C10H12N2O. The molecule has 1 aromatic carbocycles. The second kappa shape index (κ2) is 2.69. The maximum Gasteiger partial charge on any atom is 0.153 e. The van der Waals surface area contributed by atoms with Crippen LogP contribution in [0.1, 0.15) is 12.5 Å². The Balaban J connectivity index is 2.50. The molecule has 0 aromatic heterocycles. The van der Waals surface area contributed by atoms with E-state index in [4.69, 9.17) is 10.5 Å². The van der Waals surface area contributed by atoms with Crippen molar-refractivity contribution in [3.05, 3.63) is 35.3 Å². The van der Waals surface area contributed by atoms with Gasteiger partial charge in [0.25, 0.3) is 0 Å². The fourth-order valence-corrected chi connectivity index (χ4v) is 1.33. The minimum Gasteiger partial charge on any atom is -0.456 e. The summed E-state index contributed by atoms with van der Waals surface area (Å²) in [6.07, 6.45) is 0. The summed E-state index contributed by atoms with van der Waals surface area (Å²) in [6.45, 7) is 3.85. The molecule has 13 heavy (non-hydrogen) atoms. The number of fused-ring (bicyclic) bond motifs is 1. The summed E-state index contributed by atoms with van der Waals surface area (Å²) in [7, 11) is 0. The topological polar surface area (TPSA) is 47.3 Å². The van der Waals surface area contributed by atoms with E-state index in [0.29, 0.717) is 5.82 Å². The molecule has 0 atom stereocenters. The quantitative estimate of drug-likeness (QED) is 0.635. The maximum atomic E-state index is 5.69. The standard InChI is InChI=1S/C10H12N2O/c1-6-4-3-5-8-9(6)13-7(2)10(11)12-8/h3-5,12H,11H2,1-2H3. The summed E-state index contributed by atoms with van der Waals surface area (Å²) >= 11 is 0. The predicted molar refractivity (Wildman–Crippen MR) is 52.3 cm³/mol. The van der Waals surface area contributed by atoms with Crippen LogP contribution in [0.15, 0.2) is 29.8 Å². The number of hydrogen-bond acceptors (Lipinski definition) is 3. The van der Waals surface area contributed by atoms with Gasteiger partial charge in [0.05, 0.1) is 5.69 Å². The largest absolute Gasteiger partial charge is 0.456 e. The first-order valence-corrected chi connectivity index (χ1v) is 4.19. The zero-order valence-electron chi connectivity index (χ0n) is 7.72. The Hall–Kier alpha value is -1.64. The fourth-order valence-electron chi connectivity index (χ4n) is 1.33. The minimum atomic E-state index is 0.582. The number of aryl methyl sites for hydroxylation is 1. The molecule has 0 unspecified atom stereocenters. The van der Waals surface area contributed by atoms with Gasteiger partial charge in [-0.15, -0.1) is 0 Å². The van der Waals surface area contributed by atoms with Crippen molar-refractivity contribution in [1.29, 1.82) is 0 Å². The number of allylic oxidation sites excluding steroid dienone is 1. The zero-order valence-corrected chi connectivity index (χ0v) is 7.72. The number of anilines is 1. The minimum absolute atomic E-state index is 0.582. The van der Waals surface area contributed by atoms with Gasteiger partial charge < -0.3 is 15.8 Å². The summed E-state index contributed by atoms with van der Waals surface area (Å²) in [5.74, 6) is 2.18. The second-order valence-corrected chi connectivity index (χ2v) is 3.15. The Morgan fingerprint density at radius 2 is 2.08 bits per heavy atom. The van der Waals surface area contributed by atoms with E-state index in [9.17, 15) is 0 Å². The van der Waals surface area contributed by atoms with Crippen molar-refractivity contribution in [2.24, 2.45) is 5.73 Å². The molecule has 1 aliphatic rings. The highest BCUT2D eigenvalue weighted by atomic mass is 16.5. The van der Waals surface area contributed by atoms with Crippen molar-refractivity contribution in [3.63, 3.8) is 0 Å². The monoisotopic (exact) mass is 176 g/mol. The molecule has 0 amide bonds. The molecule has 68 valence electrons. The number of para-hydroxylation sites is 1. The molecule has 0 fully saturated rings. The normalized spacial score (nSPS) is 14.6. The van der Waals surface area contributed by atoms with Crippen molar-refractivity contribution in [2.75, 3.05) is 5.32 Å². The molecule has 0 bridgehead atoms. The lowest BCUT2D eigenvalue weighted by atomic mass is 10.2. The van der Waals surface area contributed by atoms with Gasteiger partial charge in [-0.1, -0.05) is 12.1 Å². The number of rotatable bonds is 0. The van der Waals surface area contributed by atoms with Crippen molar-refractivity contribution in [3.8, 4) is 5.75 Å². The molecule has 0 saturated heterocycles. The predicted octanol–water partition coefficient (Wildman–Crippen LogP) is 1.95. The molecule has 1 aromatic rings. The van der Waals surface area contributed by atoms with E-state index in [-0.39, 0.29) is 0 Å². The lowest BCUT2D eigenvalue weighted by Crippen LogP contribution is -2.19. The number of nitrogens with one attached hydrogen (secondary N) is 1. The lowest BCUT2D eigenvalue weighted by Gasteiger charge is -2.21. The van der Waals surface area contributed by atoms with Crippen LogP contribution in [-0.4, -0.2) is 0 Å². The molecular weight excluding hydrogens is 164 g/mol. The molecule has 0 radical (unpaired) electrons. The third kappa shape index (κ3) is 1.22. The zero-order chi connectivity index (χ0) is 9.42. The third-order valence-corrected chi connectivity index (χ3v) is 2.12. The second-order valence-electron chi connectivity index (χ2n) is 3.15. The Morgan fingerprint density at radius 3 is 2.85 bits per heavy atom. The molecule has 2 rings (SSSR count). The Bertz CT molecular complexity index is 383. The lowest BCUT2D eigenvalue weighted by molar-refractivity contribution is 0.412. The van der Waals surface area contributed by atoms with Crippen LogP contribution >= 0.6 is 0 Å². The van der Waals surface area contributed by atoms with Gasteiger partial charge in [-0.2, -0.15) is 0 Å². The smallest absolute Gasteiger partial charge is 0.153 e. The molecule has 3 heteroatoms. The summed E-state index contributed by atoms with van der Waals surface area (Å²) < 4.78 is 5.57. The van der Waals surface area contributed by atoms with Crippen molar-refractivity contribution in [2.45, 2.75) is 13.8 Å². The van der Waals surface area contributed by atoms with Gasteiger partial charge in [0.1, 0.15) is 11.6 Å². The summed E-state index contributed by atoms with van der Waals surface area (Å²) in [6, 6.07) is 5.93. The van der Waals surface area contributed by atoms with Crippen LogP contribution < -0.4 is 15.8 Å². The number of ether oxygens (including phenoxy) is 1. The first-order chi connectivity index (χ1) is 6.18. The molecule has 0 spiro atoms. The molecule has 3 nitrogen and oxygen atoms in total. The number of nitrogens with two attached hydrogens (primary N) is 1. The van der Waals surface area contributed by atoms with E-state index < -0.39 is 0 Å². The van der Waals surface area contributed by atoms with E-state index in [1.807, 2.05) is 32.0 Å². The van der Waals surface area contributed by atoms with Crippen LogP contribution in [-0.2, 0) is 0 Å². The molecule has 1 aliphatic heterocycles. The Labute approximate surface area is 77.2 Å². The number of benzene rings is 1. The summed E-state index contributed by atoms with van der Waals surface area (Å²) in [5, 5.41) is 3.08. The Morgan fingerprint density at radius 1 is 1.31 bits per heavy atom. The fraction of sp³-hybridized carbons (Fsp3) is 0.200. The van der Waals surface area contributed by atoms with Crippen LogP contribution in [0.5, 0.6) is 5.75 Å². The average Bonchev–Trinajstić information content (AvgIpc) is 2.09. The molecule has 0 aliphatic carbocycles. The van der Waals surface area contributed by atoms with E-state index >= 15 is 0 Å². The van der Waals surface area contributed by atoms with Gasteiger partial charge in [0, 0.05) is 0 Å². The van der Waals surface area contributed by atoms with Crippen LogP contribution in [0.25, 0.3) is 0 Å². The van der Waals surface area contributed by atoms with Crippen LogP contribution in [0.4, 0.5) is 5.69 Å². The van der Waals surface area contributed by atoms with E-state index in [1.165, 1.54) is 0 Å². The van der Waals surface area contributed by atoms with Crippen molar-refractivity contribution < 1.29 is 4.74 Å². The molecule has 1 heterocycles. The maximum absolute atomic E-state index is 5.69. The van der Waals surface area contributed by atoms with Gasteiger partial charge in [-0.25, -0.2) is 0 Å². The average molecular weight is 176 g/mol. The van der Waals surface area contributed by atoms with Gasteiger partial charge in [-0.3, -0.25) is 0 Å². The Kier molecular flexibility index (Phi) is 1.65. The van der Waals surface area contributed by atoms with E-state index in [1.54, 1.807) is 0 Å². The first kappa shape index (κ1) is 7.98. The SMILES string of the molecule is CC1=C(N)Nc2cccc(C)c2O1. The van der Waals surface area contributed by atoms with Gasteiger partial charge in [0.2, 0.25) is 0 Å². The third-order valence-electron chi connectivity index (χ3n) is 2.12. The van der Waals surface area contributed by atoms with Crippen LogP contribution in [0.3, 0.4) is 0 Å². The number of hydrogen-bond donors (Lipinski definition) is 2. The molecule has 0 saturated carbocycles. The summed E-state index contributed by atoms with van der Waals surface area (Å²) in [4.78, 5) is 0. The van der Waals surface area contributed by atoms with Crippen LogP contribution in [0, 0.1) is 6.92 Å². The first-order valence-electron chi connectivity index (χ1n) is 4.19.